The first-order chi connectivity index (χ1) is 11.9. The van der Waals surface area contributed by atoms with E-state index >= 15 is 0 Å². The van der Waals surface area contributed by atoms with E-state index < -0.39 is 18.0 Å². The first-order valence-electron chi connectivity index (χ1n) is 6.97. The van der Waals surface area contributed by atoms with Crippen LogP contribution in [0, 0.1) is 11.3 Å². The molecule has 128 valence electrons. The summed E-state index contributed by atoms with van der Waals surface area (Å²) in [6.07, 6.45) is 0. The number of aliphatic carboxylic acids is 1. The van der Waals surface area contributed by atoms with Gasteiger partial charge in [0.25, 0.3) is 0 Å². The summed E-state index contributed by atoms with van der Waals surface area (Å²) in [6.45, 7) is 0. The molecule has 1 atom stereocenters. The highest BCUT2D eigenvalue weighted by atomic mass is 79.9. The van der Waals surface area contributed by atoms with E-state index in [2.05, 4.69) is 21.2 Å². The average Bonchev–Trinajstić information content (AvgIpc) is 2.58. The van der Waals surface area contributed by atoms with Crippen molar-refractivity contribution in [2.75, 3.05) is 12.4 Å². The van der Waals surface area contributed by atoms with Gasteiger partial charge in [-0.25, -0.2) is 9.59 Å². The Bertz CT molecular complexity index is 859. The zero-order valence-corrected chi connectivity index (χ0v) is 14.6. The van der Waals surface area contributed by atoms with Crippen molar-refractivity contribution in [2.24, 2.45) is 0 Å². The Labute approximate surface area is 151 Å². The number of nitrogens with zero attached hydrogens (tertiary/aromatic N) is 1. The minimum atomic E-state index is -1.33. The number of nitrogens with one attached hydrogen (secondary N) is 1. The third kappa shape index (κ3) is 4.08. The summed E-state index contributed by atoms with van der Waals surface area (Å²) in [4.78, 5) is 23.4. The van der Waals surface area contributed by atoms with Crippen LogP contribution in [0.4, 0.5) is 5.69 Å². The van der Waals surface area contributed by atoms with E-state index in [9.17, 15) is 19.8 Å². The van der Waals surface area contributed by atoms with Crippen LogP contribution < -0.4 is 10.1 Å². The molecular weight excluding hydrogens is 392 g/mol. The van der Waals surface area contributed by atoms with Crippen LogP contribution in [0.2, 0.25) is 0 Å². The van der Waals surface area contributed by atoms with Crippen molar-refractivity contribution in [1.29, 1.82) is 5.26 Å². The van der Waals surface area contributed by atoms with Crippen LogP contribution in [-0.4, -0.2) is 29.3 Å². The lowest BCUT2D eigenvalue weighted by Crippen LogP contribution is -2.23. The van der Waals surface area contributed by atoms with Crippen molar-refractivity contribution in [3.8, 4) is 11.8 Å². The molecule has 8 heteroatoms. The Balaban J connectivity index is 2.53. The average molecular weight is 405 g/mol. The van der Waals surface area contributed by atoms with Crippen molar-refractivity contribution >= 4 is 33.6 Å². The van der Waals surface area contributed by atoms with Gasteiger partial charge in [-0.3, -0.25) is 0 Å². The monoisotopic (exact) mass is 404 g/mol. The Kier molecular flexibility index (Phi) is 5.62. The van der Waals surface area contributed by atoms with E-state index in [4.69, 9.17) is 10.00 Å². The second kappa shape index (κ2) is 7.68. The fourth-order valence-electron chi connectivity index (χ4n) is 2.30. The molecule has 2 aromatic carbocycles. The van der Waals surface area contributed by atoms with Gasteiger partial charge in [-0.1, -0.05) is 15.9 Å². The van der Waals surface area contributed by atoms with Gasteiger partial charge in [-0.2, -0.15) is 5.26 Å². The summed E-state index contributed by atoms with van der Waals surface area (Å²) >= 11 is 3.23. The van der Waals surface area contributed by atoms with E-state index in [0.717, 1.165) is 0 Å². The number of halogens is 1. The maximum atomic E-state index is 11.7. The van der Waals surface area contributed by atoms with Crippen molar-refractivity contribution in [1.82, 2.24) is 0 Å². The summed E-state index contributed by atoms with van der Waals surface area (Å²) in [5.74, 6) is -2.51. The molecule has 0 aliphatic heterocycles. The number of carboxylic acid groups (broad SMARTS) is 2. The molecule has 0 amide bonds. The van der Waals surface area contributed by atoms with Crippen LogP contribution in [0.15, 0.2) is 40.9 Å². The van der Waals surface area contributed by atoms with Crippen molar-refractivity contribution in [3.05, 3.63) is 57.6 Å². The summed E-state index contributed by atoms with van der Waals surface area (Å²) in [7, 11) is 1.31. The third-order valence-corrected chi connectivity index (χ3v) is 3.87. The fourth-order valence-corrected chi connectivity index (χ4v) is 2.75. The summed E-state index contributed by atoms with van der Waals surface area (Å²) in [5.41, 5.74) is 0.657. The molecule has 7 nitrogen and oxygen atoms in total. The largest absolute Gasteiger partial charge is 0.496 e. The molecule has 2 aromatic rings. The van der Waals surface area contributed by atoms with E-state index in [1.165, 1.54) is 31.4 Å². The van der Waals surface area contributed by atoms with Gasteiger partial charge < -0.3 is 20.3 Å². The van der Waals surface area contributed by atoms with Gasteiger partial charge in [-0.15, -0.1) is 0 Å². The van der Waals surface area contributed by atoms with Gasteiger partial charge in [0.1, 0.15) is 11.3 Å². The smallest absolute Gasteiger partial charge is 0.339 e. The number of carbonyl (C=O) groups is 2. The van der Waals surface area contributed by atoms with E-state index in [1.807, 2.05) is 6.07 Å². The van der Waals surface area contributed by atoms with E-state index in [0.29, 0.717) is 15.7 Å². The second-order valence-electron chi connectivity index (χ2n) is 4.98. The molecule has 0 saturated carbocycles. The highest BCUT2D eigenvalue weighted by molar-refractivity contribution is 9.10. The minimum absolute atomic E-state index is 0.0376. The number of aromatic carboxylic acids is 1. The first kappa shape index (κ1) is 18.3. The number of ether oxygens (including phenoxy) is 1. The van der Waals surface area contributed by atoms with Crippen LogP contribution in [-0.2, 0) is 4.79 Å². The Morgan fingerprint density at radius 2 is 1.88 bits per heavy atom. The maximum Gasteiger partial charge on any atom is 0.339 e. The topological polar surface area (TPSA) is 120 Å². The van der Waals surface area contributed by atoms with Crippen LogP contribution in [0.1, 0.15) is 27.5 Å². The molecule has 25 heavy (non-hydrogen) atoms. The van der Waals surface area contributed by atoms with Gasteiger partial charge in [0.2, 0.25) is 0 Å². The molecule has 0 radical (unpaired) electrons. The molecule has 0 bridgehead atoms. The summed E-state index contributed by atoms with van der Waals surface area (Å²) in [5, 5.41) is 30.7. The number of hydrogen-bond acceptors (Lipinski definition) is 5. The molecular formula is C17H13BrN2O5. The van der Waals surface area contributed by atoms with Gasteiger partial charge in [0, 0.05) is 15.7 Å². The Morgan fingerprint density at radius 1 is 1.24 bits per heavy atom. The number of rotatable bonds is 6. The number of methoxy groups -OCH3 is 1. The minimum Gasteiger partial charge on any atom is -0.496 e. The van der Waals surface area contributed by atoms with Crippen molar-refractivity contribution < 1.29 is 24.5 Å². The first-order valence-corrected chi connectivity index (χ1v) is 7.77. The van der Waals surface area contributed by atoms with Crippen LogP contribution >= 0.6 is 15.9 Å². The number of benzene rings is 2. The molecule has 0 spiro atoms. The number of anilines is 1. The predicted molar refractivity (Wildman–Crippen MR) is 92.8 cm³/mol. The van der Waals surface area contributed by atoms with Gasteiger partial charge in [0.05, 0.1) is 18.7 Å². The molecule has 0 heterocycles. The van der Waals surface area contributed by atoms with Gasteiger partial charge in [-0.05, 0) is 36.4 Å². The van der Waals surface area contributed by atoms with Crippen molar-refractivity contribution in [2.45, 2.75) is 6.04 Å². The molecule has 0 fully saturated rings. The van der Waals surface area contributed by atoms with Gasteiger partial charge in [0.15, 0.2) is 6.04 Å². The quantitative estimate of drug-likeness (QED) is 0.675. The van der Waals surface area contributed by atoms with Crippen molar-refractivity contribution in [3.63, 3.8) is 0 Å². The summed E-state index contributed by atoms with van der Waals surface area (Å²) in [6, 6.07) is 9.65. The predicted octanol–water partition coefficient (Wildman–Crippen LogP) is 3.27. The SMILES string of the molecule is COc1cc(Br)cc(C(Nc2ccc(C#N)cc2)C(=O)O)c1C(=O)O. The van der Waals surface area contributed by atoms with E-state index in [1.54, 1.807) is 12.1 Å². The maximum absolute atomic E-state index is 11.7. The highest BCUT2D eigenvalue weighted by Crippen LogP contribution is 2.33. The molecule has 0 aliphatic carbocycles. The lowest BCUT2D eigenvalue weighted by Gasteiger charge is -2.20. The molecule has 3 N–H and O–H groups in total. The second-order valence-corrected chi connectivity index (χ2v) is 5.90. The van der Waals surface area contributed by atoms with E-state index in [-0.39, 0.29) is 16.9 Å². The highest BCUT2D eigenvalue weighted by Gasteiger charge is 2.28. The van der Waals surface area contributed by atoms with Crippen LogP contribution in [0.3, 0.4) is 0 Å². The molecule has 0 aliphatic rings. The number of nitriles is 1. The normalized spacial score (nSPS) is 11.2. The molecule has 2 rings (SSSR count). The lowest BCUT2D eigenvalue weighted by molar-refractivity contribution is -0.138. The van der Waals surface area contributed by atoms with Crippen LogP contribution in [0.5, 0.6) is 5.75 Å². The standard InChI is InChI=1S/C17H13BrN2O5/c1-25-13-7-10(18)6-12(14(13)16(21)22)15(17(23)24)20-11-4-2-9(8-19)3-5-11/h2-7,15,20H,1H3,(H,21,22)(H,23,24). The number of hydrogen-bond donors (Lipinski definition) is 3. The lowest BCUT2D eigenvalue weighted by atomic mass is 9.98. The zero-order valence-electron chi connectivity index (χ0n) is 13.0. The Hall–Kier alpha value is -3.05. The van der Waals surface area contributed by atoms with Crippen LogP contribution in [0.25, 0.3) is 0 Å². The number of carboxylic acids is 2. The zero-order chi connectivity index (χ0) is 18.6. The molecule has 1 unspecified atom stereocenters. The third-order valence-electron chi connectivity index (χ3n) is 3.41. The summed E-state index contributed by atoms with van der Waals surface area (Å²) < 4.78 is 5.55. The molecule has 0 aromatic heterocycles. The van der Waals surface area contributed by atoms with Gasteiger partial charge >= 0.3 is 11.9 Å². The molecule has 0 saturated heterocycles. The fraction of sp³-hybridized carbons (Fsp3) is 0.118. The Morgan fingerprint density at radius 3 is 2.36 bits per heavy atom.